The van der Waals surface area contributed by atoms with Crippen LogP contribution < -0.4 is 0 Å². The lowest BCUT2D eigenvalue weighted by Gasteiger charge is -2.46. The maximum Gasteiger partial charge on any atom is 0.277 e. The van der Waals surface area contributed by atoms with Gasteiger partial charge in [-0.1, -0.05) is 80.6 Å². The van der Waals surface area contributed by atoms with Crippen molar-refractivity contribution in [1.82, 2.24) is 19.9 Å². The van der Waals surface area contributed by atoms with E-state index in [9.17, 15) is 19.2 Å². The average Bonchev–Trinajstić information content (AvgIpc) is 3.40. The van der Waals surface area contributed by atoms with Gasteiger partial charge in [-0.15, -0.1) is 0 Å². The van der Waals surface area contributed by atoms with Gasteiger partial charge < -0.3 is 4.74 Å². The first-order valence-corrected chi connectivity index (χ1v) is 14.9. The van der Waals surface area contributed by atoms with Crippen molar-refractivity contribution < 1.29 is 23.9 Å². The Morgan fingerprint density at radius 3 is 2.18 bits per heavy atom. The van der Waals surface area contributed by atoms with Crippen molar-refractivity contribution in [2.45, 2.75) is 58.7 Å². The zero-order valence-corrected chi connectivity index (χ0v) is 26.1. The van der Waals surface area contributed by atoms with E-state index in [1.165, 1.54) is 28.0 Å². The van der Waals surface area contributed by atoms with Gasteiger partial charge in [-0.2, -0.15) is 0 Å². The second kappa shape index (κ2) is 12.9. The van der Waals surface area contributed by atoms with Crippen LogP contribution in [0.2, 0.25) is 0 Å². The number of hydrogen-bond donors (Lipinski definition) is 0. The fourth-order valence-electron chi connectivity index (χ4n) is 5.55. The molecule has 0 radical (unpaired) electrons. The lowest BCUT2D eigenvalue weighted by atomic mass is 9.96. The van der Waals surface area contributed by atoms with Gasteiger partial charge in [0.1, 0.15) is 24.4 Å². The quantitative estimate of drug-likeness (QED) is 0.353. The second-order valence-corrected chi connectivity index (χ2v) is 12.1. The van der Waals surface area contributed by atoms with Gasteiger partial charge in [0.05, 0.1) is 11.2 Å². The van der Waals surface area contributed by atoms with Gasteiger partial charge in [0, 0.05) is 31.3 Å². The van der Waals surface area contributed by atoms with E-state index in [1.54, 1.807) is 48.7 Å². The first-order chi connectivity index (χ1) is 21.5. The zero-order chi connectivity index (χ0) is 32.3. The van der Waals surface area contributed by atoms with E-state index in [1.807, 2.05) is 64.1 Å². The number of ketones is 1. The minimum absolute atomic E-state index is 0.0887. The number of ether oxygens (including phenoxy) is 1. The molecule has 0 aliphatic carbocycles. The molecule has 0 spiro atoms. The predicted molar refractivity (Wildman–Crippen MR) is 169 cm³/mol. The number of rotatable bonds is 9. The lowest BCUT2D eigenvalue weighted by Crippen LogP contribution is -2.64. The largest absolute Gasteiger partial charge is 0.473 e. The SMILES string of the molecule is CC(=O)N([C@@H](Cc1ccccc1)C(=O)C1=NC(C)(C)CO1)N1C(=O)C(C(C)C)N(C(=O)c2ccccn2)C=C1c1ccccc1. The Kier molecular flexibility index (Phi) is 8.94. The van der Waals surface area contributed by atoms with Gasteiger partial charge in [-0.3, -0.25) is 29.1 Å². The molecule has 1 unspecified atom stereocenters. The highest BCUT2D eigenvalue weighted by molar-refractivity contribution is 6.39. The van der Waals surface area contributed by atoms with Gasteiger partial charge in [0.2, 0.25) is 11.7 Å². The van der Waals surface area contributed by atoms with Gasteiger partial charge >= 0.3 is 0 Å². The molecule has 232 valence electrons. The Morgan fingerprint density at radius 2 is 1.62 bits per heavy atom. The topological polar surface area (TPSA) is 112 Å². The number of benzene rings is 2. The lowest BCUT2D eigenvalue weighted by molar-refractivity contribution is -0.165. The molecular formula is C35H37N5O5. The minimum Gasteiger partial charge on any atom is -0.473 e. The maximum atomic E-state index is 14.8. The monoisotopic (exact) mass is 607 g/mol. The standard InChI is InChI=1S/C35H37N5O5/c1-23(2)30-34(44)40(29(26-16-10-7-11-17-26)21-38(30)33(43)27-18-12-13-19-36-27)39(24(3)41)28(20-25-14-8-6-9-15-25)31(42)32-37-35(4,5)22-45-32/h6-19,21,23,28,30H,20,22H2,1-5H3/t28-,30?/m0/s1. The third kappa shape index (κ3) is 6.55. The van der Waals surface area contributed by atoms with Crippen LogP contribution in [-0.2, 0) is 25.5 Å². The van der Waals surface area contributed by atoms with Crippen molar-refractivity contribution in [1.29, 1.82) is 0 Å². The molecule has 0 N–H and O–H groups in total. The van der Waals surface area contributed by atoms with Crippen LogP contribution in [0.5, 0.6) is 0 Å². The number of carbonyl (C=O) groups excluding carboxylic acids is 4. The summed E-state index contributed by atoms with van der Waals surface area (Å²) in [5.41, 5.74) is 1.17. The molecule has 3 aromatic rings. The van der Waals surface area contributed by atoms with Gasteiger partial charge in [0.25, 0.3) is 17.7 Å². The van der Waals surface area contributed by atoms with Gasteiger partial charge in [-0.05, 0) is 37.5 Å². The summed E-state index contributed by atoms with van der Waals surface area (Å²) in [6, 6.07) is 21.1. The number of pyridine rings is 1. The fourth-order valence-corrected chi connectivity index (χ4v) is 5.55. The molecule has 2 aromatic carbocycles. The Balaban J connectivity index is 1.70. The Morgan fingerprint density at radius 1 is 0.978 bits per heavy atom. The first kappa shape index (κ1) is 31.3. The summed E-state index contributed by atoms with van der Waals surface area (Å²) in [5, 5.41) is 2.46. The maximum absolute atomic E-state index is 14.8. The van der Waals surface area contributed by atoms with Crippen LogP contribution in [0.3, 0.4) is 0 Å². The normalized spacial score (nSPS) is 18.2. The van der Waals surface area contributed by atoms with Crippen molar-refractivity contribution in [2.75, 3.05) is 6.61 Å². The van der Waals surface area contributed by atoms with E-state index in [2.05, 4.69) is 9.98 Å². The molecule has 0 fully saturated rings. The first-order valence-electron chi connectivity index (χ1n) is 14.9. The summed E-state index contributed by atoms with van der Waals surface area (Å²) >= 11 is 0. The third-order valence-electron chi connectivity index (χ3n) is 7.66. The molecule has 10 nitrogen and oxygen atoms in total. The molecule has 0 saturated heterocycles. The summed E-state index contributed by atoms with van der Waals surface area (Å²) in [6.07, 6.45) is 3.19. The van der Waals surface area contributed by atoms with Crippen molar-refractivity contribution in [2.24, 2.45) is 10.9 Å². The number of aromatic nitrogens is 1. The third-order valence-corrected chi connectivity index (χ3v) is 7.66. The molecule has 45 heavy (non-hydrogen) atoms. The van der Waals surface area contributed by atoms with Gasteiger partial charge in [0.15, 0.2) is 0 Å². The molecule has 0 bridgehead atoms. The zero-order valence-electron chi connectivity index (χ0n) is 26.1. The van der Waals surface area contributed by atoms with Crippen LogP contribution in [-0.4, -0.2) is 73.5 Å². The fraction of sp³-hybridized carbons (Fsp3) is 0.314. The molecule has 2 aliphatic rings. The number of hydrazine groups is 1. The number of carbonyl (C=O) groups is 4. The Bertz CT molecular complexity index is 1640. The average molecular weight is 608 g/mol. The minimum atomic E-state index is -1.18. The summed E-state index contributed by atoms with van der Waals surface area (Å²) in [7, 11) is 0. The van der Waals surface area contributed by atoms with E-state index in [4.69, 9.17) is 4.74 Å². The van der Waals surface area contributed by atoms with E-state index in [0.717, 1.165) is 5.56 Å². The smallest absolute Gasteiger partial charge is 0.277 e. The summed E-state index contributed by atoms with van der Waals surface area (Å²) < 4.78 is 5.75. The highest BCUT2D eigenvalue weighted by Crippen LogP contribution is 2.34. The summed E-state index contributed by atoms with van der Waals surface area (Å²) in [4.78, 5) is 66.7. The Hall–Kier alpha value is -5.12. The Labute approximate surface area is 263 Å². The number of nitrogens with zero attached hydrogens (tertiary/aromatic N) is 5. The number of aliphatic imine (C=N–C) groups is 1. The van der Waals surface area contributed by atoms with Crippen molar-refractivity contribution in [3.05, 3.63) is 108 Å². The van der Waals surface area contributed by atoms with E-state index in [0.29, 0.717) is 5.56 Å². The van der Waals surface area contributed by atoms with Crippen LogP contribution in [0, 0.1) is 5.92 Å². The molecule has 10 heteroatoms. The van der Waals surface area contributed by atoms with E-state index < -0.39 is 41.1 Å². The number of amides is 3. The van der Waals surface area contributed by atoms with Crippen LogP contribution in [0.1, 0.15) is 56.2 Å². The van der Waals surface area contributed by atoms with Crippen LogP contribution in [0.15, 0.2) is 96.3 Å². The molecule has 2 atom stereocenters. The van der Waals surface area contributed by atoms with Crippen LogP contribution in [0.25, 0.3) is 5.70 Å². The predicted octanol–water partition coefficient (Wildman–Crippen LogP) is 4.54. The van der Waals surface area contributed by atoms with Crippen molar-refractivity contribution in [3.63, 3.8) is 0 Å². The highest BCUT2D eigenvalue weighted by Gasteiger charge is 2.48. The number of hydrogen-bond acceptors (Lipinski definition) is 7. The van der Waals surface area contributed by atoms with E-state index >= 15 is 0 Å². The van der Waals surface area contributed by atoms with Crippen LogP contribution in [0.4, 0.5) is 0 Å². The summed E-state index contributed by atoms with van der Waals surface area (Å²) in [6.45, 7) is 8.89. The number of Topliss-reactive ketones (excluding diaryl/α,β-unsaturated/α-hetero) is 1. The summed E-state index contributed by atoms with van der Waals surface area (Å²) in [5.74, 6) is -2.50. The van der Waals surface area contributed by atoms with Crippen LogP contribution >= 0.6 is 0 Å². The molecule has 2 aliphatic heterocycles. The van der Waals surface area contributed by atoms with E-state index in [-0.39, 0.29) is 36.2 Å². The van der Waals surface area contributed by atoms with Crippen molar-refractivity contribution in [3.8, 4) is 0 Å². The molecule has 1 aromatic heterocycles. The van der Waals surface area contributed by atoms with Gasteiger partial charge in [-0.25, -0.2) is 15.0 Å². The molecular weight excluding hydrogens is 570 g/mol. The second-order valence-electron chi connectivity index (χ2n) is 12.1. The molecule has 3 amide bonds. The highest BCUT2D eigenvalue weighted by atomic mass is 16.5. The molecule has 0 saturated carbocycles. The molecule has 3 heterocycles. The van der Waals surface area contributed by atoms with Crippen molar-refractivity contribution >= 4 is 35.1 Å². The molecule has 5 rings (SSSR count).